The van der Waals surface area contributed by atoms with Gasteiger partial charge in [-0.1, -0.05) is 231 Å². The monoisotopic (exact) mass is 1630 g/mol. The predicted octanol–water partition coefficient (Wildman–Crippen LogP) is 13.3. The van der Waals surface area contributed by atoms with Gasteiger partial charge in [0, 0.05) is 51.6 Å². The first kappa shape index (κ1) is 113. The second-order valence-electron chi connectivity index (χ2n) is 29.2. The van der Waals surface area contributed by atoms with Crippen molar-refractivity contribution in [3.63, 3.8) is 0 Å². The van der Waals surface area contributed by atoms with Crippen molar-refractivity contribution in [3.05, 3.63) is 48.6 Å². The van der Waals surface area contributed by atoms with Crippen LogP contribution in [0.25, 0.3) is 0 Å². The topological polar surface area (TPSA) is 305 Å². The van der Waals surface area contributed by atoms with Gasteiger partial charge in [0.25, 0.3) is 15.6 Å². The SMILES string of the molecule is CCCCCC/C=C\CCCCCC(=O)NC(COCC[C@@H](CCCCCCC)OC(=O)CCC/C=C\CCCCCC)COP(=O)([O-])OCCNC(=O)CC(=O)NCCOP(=O)([O-])OCC(COCC[C@@H](CCCCCCC)OC(=O)CCC/C=C\CCCCCC)NC(=O)CCCCC/C=C\CCCCCC.[Na+].[Na+]. The number of esters is 2. The average Bonchev–Trinajstić information content (AvgIpc) is 0.922. The molecule has 26 heteroatoms. The number of hydrogen-bond donors (Lipinski definition) is 4. The molecule has 4 N–H and O–H groups in total. The van der Waals surface area contributed by atoms with E-state index in [4.69, 9.17) is 37.0 Å². The normalized spacial score (nSPS) is 13.8. The number of carbonyl (C=O) groups excluding carboxylic acids is 6. The zero-order chi connectivity index (χ0) is 80.0. The molecule has 0 bridgehead atoms. The average molecular weight is 1630 g/mol. The van der Waals surface area contributed by atoms with Crippen LogP contribution in [0.4, 0.5) is 0 Å². The molecule has 0 aliphatic heterocycles. The number of amides is 4. The van der Waals surface area contributed by atoms with E-state index in [0.717, 1.165) is 141 Å². The summed E-state index contributed by atoms with van der Waals surface area (Å²) < 4.78 is 70.6. The molecule has 0 aliphatic carbocycles. The Morgan fingerprint density at radius 1 is 0.315 bits per heavy atom. The van der Waals surface area contributed by atoms with Gasteiger partial charge in [-0.05, 0) is 141 Å². The minimum Gasteiger partial charge on any atom is -0.756 e. The van der Waals surface area contributed by atoms with Crippen LogP contribution in [0.1, 0.15) is 369 Å². The van der Waals surface area contributed by atoms with E-state index in [1.54, 1.807) is 0 Å². The fourth-order valence-electron chi connectivity index (χ4n) is 12.0. The van der Waals surface area contributed by atoms with E-state index in [1.807, 2.05) is 0 Å². The fraction of sp³-hybridized carbons (Fsp3) is 0.835. The van der Waals surface area contributed by atoms with Crippen molar-refractivity contribution in [1.29, 1.82) is 0 Å². The van der Waals surface area contributed by atoms with Crippen LogP contribution in [0.5, 0.6) is 0 Å². The quantitative estimate of drug-likeness (QED) is 0.0110. The van der Waals surface area contributed by atoms with Gasteiger partial charge in [0.05, 0.1) is 64.9 Å². The standard InChI is InChI=1S/C85H158N4O18P2.2Na/c1-7-13-19-25-29-33-35-39-41-47-53-59-80(90)88-76(72-100-67-63-78(57-51-45-23-17-11-5)106-84(94)61-55-49-43-37-31-27-21-15-9-3)74-104-108(96,97)102-69-65-86-82(92)71-83(93)87-66-70-103-109(98,99)105-75-77(89-81(91)60-54-48-42-40-36-34-30-26-20-14-8-2)73-101-68-64-79(58-52-46-24-18-12-6)107-85(95)62-56-50-44-38-32-28-22-16-10-4;;/h33-38,43-44,76-79H,7-32,39-42,45-75H2,1-6H3,(H,86,92)(H,87,93)(H,88,90)(H,89,91)(H,96,97)(H,98,99);;/q;2*+1/p-2/b35-33-,36-34-,43-37-,44-38-;;/t76?,77?,78-,79-;;/m1../s1. The van der Waals surface area contributed by atoms with Crippen LogP contribution in [-0.4, -0.2) is 126 Å². The fourth-order valence-corrected chi connectivity index (χ4v) is 13.5. The summed E-state index contributed by atoms with van der Waals surface area (Å²) in [5.74, 6) is -2.64. The van der Waals surface area contributed by atoms with Crippen LogP contribution < -0.4 is 90.2 Å². The third kappa shape index (κ3) is 81.5. The summed E-state index contributed by atoms with van der Waals surface area (Å²) in [6.07, 6.45) is 63.3. The van der Waals surface area contributed by atoms with Crippen molar-refractivity contribution in [2.75, 3.05) is 65.9 Å². The van der Waals surface area contributed by atoms with Gasteiger partial charge >= 0.3 is 71.1 Å². The zero-order valence-electron chi connectivity index (χ0n) is 71.3. The number of unbranched alkanes of at least 4 members (excludes halogenated alkanes) is 32. The van der Waals surface area contributed by atoms with Crippen molar-refractivity contribution in [3.8, 4) is 0 Å². The molecule has 4 unspecified atom stereocenters. The second-order valence-corrected chi connectivity index (χ2v) is 32.0. The molecule has 0 aliphatic rings. The van der Waals surface area contributed by atoms with Crippen LogP contribution in [0.3, 0.4) is 0 Å². The van der Waals surface area contributed by atoms with Gasteiger partial charge in [-0.2, -0.15) is 0 Å². The Balaban J connectivity index is -0.0000583. The number of phosphoric acid groups is 2. The molecule has 4 amide bonds. The third-order valence-electron chi connectivity index (χ3n) is 18.5. The summed E-state index contributed by atoms with van der Waals surface area (Å²) in [7, 11) is -10.00. The molecule has 0 saturated heterocycles. The number of rotatable bonds is 82. The van der Waals surface area contributed by atoms with Crippen LogP contribution in [0.15, 0.2) is 48.6 Å². The Kier molecular flexibility index (Phi) is 86.0. The molecule has 6 atom stereocenters. The smallest absolute Gasteiger partial charge is 0.756 e. The number of phosphoric ester groups is 2. The van der Waals surface area contributed by atoms with Crippen molar-refractivity contribution in [1.82, 2.24) is 21.3 Å². The van der Waals surface area contributed by atoms with E-state index in [1.165, 1.54) is 103 Å². The van der Waals surface area contributed by atoms with Crippen molar-refractivity contribution < 1.29 is 144 Å². The Hall–Kier alpha value is -2.08. The number of allylic oxidation sites excluding steroid dienone is 8. The van der Waals surface area contributed by atoms with E-state index >= 15 is 0 Å². The molecule has 22 nitrogen and oxygen atoms in total. The number of carbonyl (C=O) groups is 6. The number of ether oxygens (including phenoxy) is 4. The van der Waals surface area contributed by atoms with Gasteiger partial charge in [0.15, 0.2) is 0 Å². The van der Waals surface area contributed by atoms with Gasteiger partial charge < -0.3 is 68.1 Å². The molecule has 0 saturated carbocycles. The summed E-state index contributed by atoms with van der Waals surface area (Å²) >= 11 is 0. The largest absolute Gasteiger partial charge is 1.00 e. The predicted molar refractivity (Wildman–Crippen MR) is 436 cm³/mol. The maximum Gasteiger partial charge on any atom is 1.00 e. The number of nitrogens with one attached hydrogen (secondary N) is 4. The second kappa shape index (κ2) is 84.4. The molecule has 0 aromatic heterocycles. The van der Waals surface area contributed by atoms with E-state index < -0.39 is 72.4 Å². The maximum atomic E-state index is 13.2. The molecular formula is C85H156N4Na2O18P2. The van der Waals surface area contributed by atoms with Crippen LogP contribution in [0, 0.1) is 0 Å². The Morgan fingerprint density at radius 2 is 0.595 bits per heavy atom. The molecule has 0 spiro atoms. The zero-order valence-corrected chi connectivity index (χ0v) is 77.1. The first-order chi connectivity index (χ1) is 52.9. The molecule has 111 heavy (non-hydrogen) atoms. The summed E-state index contributed by atoms with van der Waals surface area (Å²) in [5, 5.41) is 10.5. The van der Waals surface area contributed by atoms with E-state index in [-0.39, 0.29) is 147 Å². The Morgan fingerprint density at radius 3 is 0.901 bits per heavy atom. The van der Waals surface area contributed by atoms with Crippen molar-refractivity contribution >= 4 is 51.2 Å². The van der Waals surface area contributed by atoms with Crippen molar-refractivity contribution in [2.45, 2.75) is 393 Å². The molecular weight excluding hydrogens is 1470 g/mol. The summed E-state index contributed by atoms with van der Waals surface area (Å²) in [6.45, 7) is 10.5. The van der Waals surface area contributed by atoms with Gasteiger partial charge in [-0.15, -0.1) is 0 Å². The summed E-state index contributed by atoms with van der Waals surface area (Å²) in [5.41, 5.74) is 0. The molecule has 636 valence electrons. The van der Waals surface area contributed by atoms with Gasteiger partial charge in [0.2, 0.25) is 23.6 Å². The molecule has 0 rings (SSSR count). The first-order valence-electron chi connectivity index (χ1n) is 43.4. The minimum absolute atomic E-state index is 0. The van der Waals surface area contributed by atoms with Crippen LogP contribution >= 0.6 is 15.6 Å². The molecule has 0 fully saturated rings. The van der Waals surface area contributed by atoms with Crippen LogP contribution in [-0.2, 0) is 74.9 Å². The van der Waals surface area contributed by atoms with E-state index in [2.05, 4.69) is 111 Å². The molecule has 0 radical (unpaired) electrons. The van der Waals surface area contributed by atoms with Gasteiger partial charge in [-0.25, -0.2) is 0 Å². The minimum atomic E-state index is -5.00. The maximum absolute atomic E-state index is 13.2. The summed E-state index contributed by atoms with van der Waals surface area (Å²) in [6, 6.07) is -1.76. The van der Waals surface area contributed by atoms with Crippen LogP contribution in [0.2, 0.25) is 0 Å². The Bertz CT molecular complexity index is 2270. The van der Waals surface area contributed by atoms with E-state index in [9.17, 15) is 47.7 Å². The van der Waals surface area contributed by atoms with E-state index in [0.29, 0.717) is 64.2 Å². The van der Waals surface area contributed by atoms with Crippen molar-refractivity contribution in [2.24, 2.45) is 0 Å². The summed E-state index contributed by atoms with van der Waals surface area (Å²) in [4.78, 5) is 104. The molecule has 0 aromatic rings. The third-order valence-corrected chi connectivity index (χ3v) is 20.5. The van der Waals surface area contributed by atoms with Gasteiger partial charge in [-0.3, -0.25) is 37.9 Å². The molecule has 0 aromatic carbocycles. The number of hydrogen-bond acceptors (Lipinski definition) is 18. The Labute approximate surface area is 718 Å². The molecule has 0 heterocycles. The first-order valence-corrected chi connectivity index (χ1v) is 46.3. The van der Waals surface area contributed by atoms with Gasteiger partial charge in [0.1, 0.15) is 18.6 Å².